The van der Waals surface area contributed by atoms with E-state index in [2.05, 4.69) is 56.3 Å². The summed E-state index contributed by atoms with van der Waals surface area (Å²) in [6.07, 6.45) is 0. The van der Waals surface area contributed by atoms with Gasteiger partial charge in [0.2, 0.25) is 0 Å². The van der Waals surface area contributed by atoms with Gasteiger partial charge in [-0.15, -0.1) is 0 Å². The number of rotatable bonds is 2. The minimum absolute atomic E-state index is 0.653. The van der Waals surface area contributed by atoms with Crippen LogP contribution in [0.5, 0.6) is 0 Å². The first-order valence-electron chi connectivity index (χ1n) is 6.68. The van der Waals surface area contributed by atoms with Gasteiger partial charge in [-0.1, -0.05) is 15.9 Å². The molecule has 98 valence electrons. The van der Waals surface area contributed by atoms with E-state index in [0.29, 0.717) is 5.92 Å². The van der Waals surface area contributed by atoms with Crippen molar-refractivity contribution in [2.45, 2.75) is 5.92 Å². The van der Waals surface area contributed by atoms with Gasteiger partial charge < -0.3 is 15.1 Å². The fraction of sp³-hybridized carbons (Fsp3) is 0.571. The Morgan fingerprint density at radius 2 is 2.11 bits per heavy atom. The molecule has 2 aliphatic rings. The number of nitrogens with zero attached hydrogens (tertiary/aromatic N) is 2. The second kappa shape index (κ2) is 5.19. The normalized spacial score (nSPS) is 24.3. The zero-order valence-corrected chi connectivity index (χ0v) is 12.4. The molecule has 3 nitrogen and oxygen atoms in total. The van der Waals surface area contributed by atoms with Crippen LogP contribution < -0.4 is 10.2 Å². The Labute approximate surface area is 117 Å². The molecule has 4 heteroatoms. The average Bonchev–Trinajstić information content (AvgIpc) is 2.67. The minimum Gasteiger partial charge on any atom is -0.374 e. The van der Waals surface area contributed by atoms with Crippen LogP contribution in [0.15, 0.2) is 22.7 Å². The van der Waals surface area contributed by atoms with E-state index in [4.69, 9.17) is 0 Å². The molecule has 1 fully saturated rings. The summed E-state index contributed by atoms with van der Waals surface area (Å²) >= 11 is 3.60. The number of benzene rings is 1. The highest BCUT2D eigenvalue weighted by Gasteiger charge is 2.28. The van der Waals surface area contributed by atoms with Gasteiger partial charge in [0.25, 0.3) is 0 Å². The first-order valence-corrected chi connectivity index (χ1v) is 7.47. The van der Waals surface area contributed by atoms with Crippen LogP contribution in [-0.4, -0.2) is 51.2 Å². The smallest absolute Gasteiger partial charge is 0.0401 e. The third kappa shape index (κ3) is 2.42. The van der Waals surface area contributed by atoms with Crippen LogP contribution in [0.3, 0.4) is 0 Å². The predicted molar refractivity (Wildman–Crippen MR) is 79.5 cm³/mol. The van der Waals surface area contributed by atoms with Crippen molar-refractivity contribution in [1.29, 1.82) is 0 Å². The summed E-state index contributed by atoms with van der Waals surface area (Å²) in [5.74, 6) is 0.653. The first kappa shape index (κ1) is 12.5. The molecular formula is C14H20BrN3. The molecule has 0 spiro atoms. The molecule has 0 aliphatic carbocycles. The predicted octanol–water partition coefficient (Wildman–Crippen LogP) is 1.89. The van der Waals surface area contributed by atoms with Gasteiger partial charge in [0, 0.05) is 62.4 Å². The molecule has 1 unspecified atom stereocenters. The van der Waals surface area contributed by atoms with E-state index in [0.717, 1.165) is 19.6 Å². The van der Waals surface area contributed by atoms with Crippen molar-refractivity contribution >= 4 is 21.6 Å². The van der Waals surface area contributed by atoms with E-state index in [9.17, 15) is 0 Å². The standard InChI is InChI=1S/C14H20BrN3/c1-17-9-11(10-18-6-4-16-5-7-18)13-8-12(15)2-3-14(13)17/h2-3,8,11,16H,4-7,9-10H2,1H3. The number of halogens is 1. The van der Waals surface area contributed by atoms with Crippen LogP contribution in [0.2, 0.25) is 0 Å². The van der Waals surface area contributed by atoms with E-state index >= 15 is 0 Å². The lowest BCUT2D eigenvalue weighted by atomic mass is 10.0. The van der Waals surface area contributed by atoms with Crippen molar-refractivity contribution < 1.29 is 0 Å². The van der Waals surface area contributed by atoms with Gasteiger partial charge in [-0.3, -0.25) is 0 Å². The number of nitrogens with one attached hydrogen (secondary N) is 1. The van der Waals surface area contributed by atoms with Gasteiger partial charge in [-0.25, -0.2) is 0 Å². The molecule has 3 rings (SSSR count). The molecule has 1 saturated heterocycles. The number of piperazine rings is 1. The number of likely N-dealkylation sites (N-methyl/N-ethyl adjacent to an activating group) is 1. The molecule has 0 radical (unpaired) electrons. The van der Waals surface area contributed by atoms with Crippen molar-refractivity contribution in [3.05, 3.63) is 28.2 Å². The van der Waals surface area contributed by atoms with Crippen molar-refractivity contribution in [3.8, 4) is 0 Å². The number of fused-ring (bicyclic) bond motifs is 1. The number of hydrogen-bond acceptors (Lipinski definition) is 3. The lowest BCUT2D eigenvalue weighted by molar-refractivity contribution is 0.230. The largest absolute Gasteiger partial charge is 0.374 e. The summed E-state index contributed by atoms with van der Waals surface area (Å²) in [6.45, 7) is 6.97. The van der Waals surface area contributed by atoms with Gasteiger partial charge in [0.1, 0.15) is 0 Å². The molecule has 2 heterocycles. The molecule has 18 heavy (non-hydrogen) atoms. The van der Waals surface area contributed by atoms with Crippen LogP contribution in [0.1, 0.15) is 11.5 Å². The lowest BCUT2D eigenvalue weighted by Crippen LogP contribution is -2.45. The maximum atomic E-state index is 3.60. The molecule has 1 atom stereocenters. The van der Waals surface area contributed by atoms with Crippen molar-refractivity contribution in [2.24, 2.45) is 0 Å². The zero-order valence-electron chi connectivity index (χ0n) is 10.8. The Balaban J connectivity index is 1.76. The van der Waals surface area contributed by atoms with Gasteiger partial charge >= 0.3 is 0 Å². The van der Waals surface area contributed by atoms with Crippen LogP contribution in [0.4, 0.5) is 5.69 Å². The van der Waals surface area contributed by atoms with Crippen LogP contribution in [-0.2, 0) is 0 Å². The zero-order chi connectivity index (χ0) is 12.5. The number of anilines is 1. The Hall–Kier alpha value is -0.580. The van der Waals surface area contributed by atoms with E-state index in [-0.39, 0.29) is 0 Å². The topological polar surface area (TPSA) is 18.5 Å². The Bertz CT molecular complexity index is 429. The maximum Gasteiger partial charge on any atom is 0.0401 e. The second-order valence-electron chi connectivity index (χ2n) is 5.33. The molecule has 0 saturated carbocycles. The molecule has 2 aliphatic heterocycles. The van der Waals surface area contributed by atoms with E-state index in [1.165, 1.54) is 35.4 Å². The summed E-state index contributed by atoms with van der Waals surface area (Å²) in [7, 11) is 2.20. The van der Waals surface area contributed by atoms with E-state index in [1.54, 1.807) is 0 Å². The van der Waals surface area contributed by atoms with Gasteiger partial charge in [0.15, 0.2) is 0 Å². The molecular weight excluding hydrogens is 290 g/mol. The Morgan fingerprint density at radius 1 is 1.33 bits per heavy atom. The number of hydrogen-bond donors (Lipinski definition) is 1. The Kier molecular flexibility index (Phi) is 3.59. The summed E-state index contributed by atoms with van der Waals surface area (Å²) in [5, 5.41) is 3.42. The molecule has 0 aromatic heterocycles. The highest BCUT2D eigenvalue weighted by molar-refractivity contribution is 9.10. The maximum absolute atomic E-state index is 3.60. The molecule has 0 amide bonds. The highest BCUT2D eigenvalue weighted by Crippen LogP contribution is 2.37. The highest BCUT2D eigenvalue weighted by atomic mass is 79.9. The molecule has 1 aromatic carbocycles. The summed E-state index contributed by atoms with van der Waals surface area (Å²) < 4.78 is 1.20. The van der Waals surface area contributed by atoms with Crippen LogP contribution in [0.25, 0.3) is 0 Å². The summed E-state index contributed by atoms with van der Waals surface area (Å²) in [5.41, 5.74) is 2.91. The molecule has 1 N–H and O–H groups in total. The van der Waals surface area contributed by atoms with Crippen LogP contribution >= 0.6 is 15.9 Å². The minimum atomic E-state index is 0.653. The van der Waals surface area contributed by atoms with E-state index in [1.807, 2.05) is 0 Å². The van der Waals surface area contributed by atoms with Gasteiger partial charge in [0.05, 0.1) is 0 Å². The third-order valence-electron chi connectivity index (χ3n) is 4.02. The first-order chi connectivity index (χ1) is 8.74. The lowest BCUT2D eigenvalue weighted by Gasteiger charge is -2.29. The van der Waals surface area contributed by atoms with Crippen molar-refractivity contribution in [2.75, 3.05) is 51.2 Å². The monoisotopic (exact) mass is 309 g/mol. The van der Waals surface area contributed by atoms with Crippen molar-refractivity contribution in [1.82, 2.24) is 10.2 Å². The van der Waals surface area contributed by atoms with E-state index < -0.39 is 0 Å². The summed E-state index contributed by atoms with van der Waals surface area (Å²) in [4.78, 5) is 4.97. The Morgan fingerprint density at radius 3 is 2.89 bits per heavy atom. The SMILES string of the molecule is CN1CC(CN2CCNCC2)c2cc(Br)ccc21. The fourth-order valence-corrected chi connectivity index (χ4v) is 3.47. The van der Waals surface area contributed by atoms with Gasteiger partial charge in [-0.05, 0) is 23.8 Å². The summed E-state index contributed by atoms with van der Waals surface area (Å²) in [6, 6.07) is 6.67. The molecule has 0 bridgehead atoms. The van der Waals surface area contributed by atoms with Crippen LogP contribution in [0, 0.1) is 0 Å². The second-order valence-corrected chi connectivity index (χ2v) is 6.25. The average molecular weight is 310 g/mol. The van der Waals surface area contributed by atoms with Crippen molar-refractivity contribution in [3.63, 3.8) is 0 Å². The molecule has 1 aromatic rings. The third-order valence-corrected chi connectivity index (χ3v) is 4.52. The quantitative estimate of drug-likeness (QED) is 0.900. The van der Waals surface area contributed by atoms with Gasteiger partial charge in [-0.2, -0.15) is 0 Å². The fourth-order valence-electron chi connectivity index (χ4n) is 3.09.